The average Bonchev–Trinajstić information content (AvgIpc) is 3.19. The fourth-order valence-corrected chi connectivity index (χ4v) is 4.37. The van der Waals surface area contributed by atoms with E-state index in [4.69, 9.17) is 4.98 Å². The Bertz CT molecular complexity index is 1080. The Morgan fingerprint density at radius 3 is 2.47 bits per heavy atom. The number of aromatic hydroxyl groups is 1. The minimum absolute atomic E-state index is 0.293. The Balaban J connectivity index is 1.36. The third-order valence-electron chi connectivity index (χ3n) is 6.21. The van der Waals surface area contributed by atoms with Crippen LogP contribution < -0.4 is 0 Å². The van der Waals surface area contributed by atoms with Gasteiger partial charge in [-0.3, -0.25) is 9.88 Å². The van der Waals surface area contributed by atoms with Crippen LogP contribution >= 0.6 is 0 Å². The van der Waals surface area contributed by atoms with Crippen LogP contribution in [0.1, 0.15) is 22.4 Å². The van der Waals surface area contributed by atoms with E-state index in [1.807, 2.05) is 24.4 Å². The van der Waals surface area contributed by atoms with Gasteiger partial charge in [-0.05, 0) is 47.5 Å². The quantitative estimate of drug-likeness (QED) is 0.717. The van der Waals surface area contributed by atoms with Gasteiger partial charge in [-0.15, -0.1) is 0 Å². The van der Waals surface area contributed by atoms with Crippen LogP contribution in [0.5, 0.6) is 5.75 Å². The Labute approximate surface area is 178 Å². The van der Waals surface area contributed by atoms with Gasteiger partial charge in [0.2, 0.25) is 0 Å². The molecule has 2 heterocycles. The van der Waals surface area contributed by atoms with Gasteiger partial charge in [0, 0.05) is 56.5 Å². The second-order valence-electron chi connectivity index (χ2n) is 8.37. The first-order chi connectivity index (χ1) is 14.7. The smallest absolute Gasteiger partial charge is 0.116 e. The molecule has 0 amide bonds. The summed E-state index contributed by atoms with van der Waals surface area (Å²) in [4.78, 5) is 9.64. The zero-order valence-corrected chi connectivity index (χ0v) is 17.4. The number of fused-ring (bicyclic) bond motifs is 1. The maximum Gasteiger partial charge on any atom is 0.116 e. The Hall–Kier alpha value is -2.95. The van der Waals surface area contributed by atoms with E-state index in [1.165, 1.54) is 16.7 Å². The van der Waals surface area contributed by atoms with Gasteiger partial charge < -0.3 is 10.0 Å². The second kappa shape index (κ2) is 8.05. The van der Waals surface area contributed by atoms with Gasteiger partial charge in [0.05, 0.1) is 5.69 Å². The first kappa shape index (κ1) is 19.0. The summed E-state index contributed by atoms with van der Waals surface area (Å²) in [6.45, 7) is 5.58. The molecule has 4 heteroatoms. The van der Waals surface area contributed by atoms with Gasteiger partial charge in [-0.2, -0.15) is 0 Å². The molecule has 0 saturated carbocycles. The molecule has 0 unspecified atom stereocenters. The zero-order valence-electron chi connectivity index (χ0n) is 17.4. The lowest BCUT2D eigenvalue weighted by Gasteiger charge is -2.32. The summed E-state index contributed by atoms with van der Waals surface area (Å²) in [5.41, 5.74) is 8.14. The molecular weight excluding hydrogens is 370 g/mol. The SMILES string of the molecule is CN1CCN(Cc2ccc(-c3cnc4c(c3)C(c3cccc(O)c3)=CC4)cc2)CC1. The standard InChI is InChI=1S/C26H27N3O/c1-28-11-13-29(14-12-28)18-19-5-7-20(8-6-19)22-16-25-24(9-10-26(25)27-17-22)21-3-2-4-23(30)15-21/h2-9,15-17,30H,10-14,18H2,1H3. The van der Waals surface area contributed by atoms with E-state index in [0.29, 0.717) is 5.75 Å². The number of hydrogen-bond donors (Lipinski definition) is 1. The number of likely N-dealkylation sites (N-methyl/N-ethyl adjacent to an activating group) is 1. The van der Waals surface area contributed by atoms with E-state index in [-0.39, 0.29) is 0 Å². The predicted molar refractivity (Wildman–Crippen MR) is 121 cm³/mol. The average molecular weight is 398 g/mol. The lowest BCUT2D eigenvalue weighted by molar-refractivity contribution is 0.148. The highest BCUT2D eigenvalue weighted by molar-refractivity contribution is 5.86. The van der Waals surface area contributed by atoms with Crippen molar-refractivity contribution in [3.8, 4) is 16.9 Å². The molecule has 1 fully saturated rings. The normalized spacial score (nSPS) is 17.0. The fraction of sp³-hybridized carbons (Fsp3) is 0.269. The van der Waals surface area contributed by atoms with E-state index in [2.05, 4.69) is 53.3 Å². The maximum atomic E-state index is 9.86. The number of piperazine rings is 1. The number of allylic oxidation sites excluding steroid dienone is 1. The minimum atomic E-state index is 0.293. The van der Waals surface area contributed by atoms with Crippen molar-refractivity contribution in [1.29, 1.82) is 0 Å². The topological polar surface area (TPSA) is 39.6 Å². The molecule has 3 aromatic rings. The van der Waals surface area contributed by atoms with E-state index in [1.54, 1.807) is 6.07 Å². The van der Waals surface area contributed by atoms with E-state index in [0.717, 1.165) is 61.5 Å². The predicted octanol–water partition coefficient (Wildman–Crippen LogP) is 4.19. The van der Waals surface area contributed by atoms with Gasteiger partial charge in [-0.1, -0.05) is 42.5 Å². The van der Waals surface area contributed by atoms with E-state index in [9.17, 15) is 5.11 Å². The summed E-state index contributed by atoms with van der Waals surface area (Å²) in [6.07, 6.45) is 5.02. The van der Waals surface area contributed by atoms with Crippen LogP contribution in [0.2, 0.25) is 0 Å². The van der Waals surface area contributed by atoms with Crippen LogP contribution in [0.15, 0.2) is 66.9 Å². The van der Waals surface area contributed by atoms with Crippen molar-refractivity contribution >= 4 is 5.57 Å². The first-order valence-corrected chi connectivity index (χ1v) is 10.6. The van der Waals surface area contributed by atoms with Crippen molar-refractivity contribution in [3.05, 3.63) is 89.3 Å². The summed E-state index contributed by atoms with van der Waals surface area (Å²) in [5, 5.41) is 9.86. The number of aromatic nitrogens is 1. The highest BCUT2D eigenvalue weighted by Gasteiger charge is 2.18. The molecule has 5 rings (SSSR count). The number of benzene rings is 2. The fourth-order valence-electron chi connectivity index (χ4n) is 4.37. The molecule has 1 aromatic heterocycles. The van der Waals surface area contributed by atoms with E-state index < -0.39 is 0 Å². The van der Waals surface area contributed by atoms with Crippen molar-refractivity contribution in [2.75, 3.05) is 33.2 Å². The number of rotatable bonds is 4. The van der Waals surface area contributed by atoms with Crippen molar-refractivity contribution in [2.45, 2.75) is 13.0 Å². The van der Waals surface area contributed by atoms with Crippen LogP contribution in [-0.2, 0) is 13.0 Å². The van der Waals surface area contributed by atoms with Crippen molar-refractivity contribution < 1.29 is 5.11 Å². The van der Waals surface area contributed by atoms with Crippen LogP contribution in [0.3, 0.4) is 0 Å². The van der Waals surface area contributed by atoms with Crippen molar-refractivity contribution in [3.63, 3.8) is 0 Å². The summed E-state index contributed by atoms with van der Waals surface area (Å²) < 4.78 is 0. The molecule has 0 spiro atoms. The molecule has 4 nitrogen and oxygen atoms in total. The van der Waals surface area contributed by atoms with Gasteiger partial charge in [-0.25, -0.2) is 0 Å². The molecule has 0 atom stereocenters. The minimum Gasteiger partial charge on any atom is -0.508 e. The van der Waals surface area contributed by atoms with Crippen LogP contribution in [0, 0.1) is 0 Å². The summed E-state index contributed by atoms with van der Waals surface area (Å²) >= 11 is 0. The highest BCUT2D eigenvalue weighted by atomic mass is 16.3. The molecule has 2 aromatic carbocycles. The molecule has 0 bridgehead atoms. The summed E-state index contributed by atoms with van der Waals surface area (Å²) in [6, 6.07) is 18.6. The Morgan fingerprint density at radius 1 is 0.900 bits per heavy atom. The summed E-state index contributed by atoms with van der Waals surface area (Å²) in [5.74, 6) is 0.293. The molecule has 1 saturated heterocycles. The highest BCUT2D eigenvalue weighted by Crippen LogP contribution is 2.35. The molecular formula is C26H27N3O. The molecule has 30 heavy (non-hydrogen) atoms. The van der Waals surface area contributed by atoms with Crippen LogP contribution in [0.25, 0.3) is 16.7 Å². The largest absolute Gasteiger partial charge is 0.508 e. The van der Waals surface area contributed by atoms with Gasteiger partial charge >= 0.3 is 0 Å². The molecule has 0 radical (unpaired) electrons. The Morgan fingerprint density at radius 2 is 1.70 bits per heavy atom. The van der Waals surface area contributed by atoms with E-state index >= 15 is 0 Å². The number of pyridine rings is 1. The van der Waals surface area contributed by atoms with Crippen molar-refractivity contribution in [1.82, 2.24) is 14.8 Å². The number of nitrogens with zero attached hydrogens (tertiary/aromatic N) is 3. The zero-order chi connectivity index (χ0) is 20.5. The van der Waals surface area contributed by atoms with Gasteiger partial charge in [0.15, 0.2) is 0 Å². The number of phenolic OH excluding ortho intramolecular Hbond substituents is 1. The first-order valence-electron chi connectivity index (χ1n) is 10.6. The van der Waals surface area contributed by atoms with Gasteiger partial charge in [0.1, 0.15) is 5.75 Å². The van der Waals surface area contributed by atoms with Gasteiger partial charge in [0.25, 0.3) is 0 Å². The van der Waals surface area contributed by atoms with Crippen LogP contribution in [-0.4, -0.2) is 53.1 Å². The number of hydrogen-bond acceptors (Lipinski definition) is 4. The van der Waals surface area contributed by atoms with Crippen LogP contribution in [0.4, 0.5) is 0 Å². The summed E-state index contributed by atoms with van der Waals surface area (Å²) in [7, 11) is 2.19. The monoisotopic (exact) mass is 397 g/mol. The number of phenols is 1. The molecule has 1 aliphatic heterocycles. The molecule has 152 valence electrons. The molecule has 2 aliphatic rings. The molecule has 1 aliphatic carbocycles. The van der Waals surface area contributed by atoms with Crippen molar-refractivity contribution in [2.24, 2.45) is 0 Å². The third kappa shape index (κ3) is 3.89. The lowest BCUT2D eigenvalue weighted by Crippen LogP contribution is -2.43. The molecule has 1 N–H and O–H groups in total. The Kier molecular flexibility index (Phi) is 5.11. The lowest BCUT2D eigenvalue weighted by atomic mass is 9.97. The maximum absolute atomic E-state index is 9.86. The third-order valence-corrected chi connectivity index (χ3v) is 6.21. The second-order valence-corrected chi connectivity index (χ2v) is 8.37.